The number of hydrogen-bond donors (Lipinski definition) is 1. The van der Waals surface area contributed by atoms with Crippen molar-refractivity contribution in [2.75, 3.05) is 13.1 Å². The number of piperidine rings is 1. The maximum atomic E-state index is 12.2. The molecule has 1 aliphatic rings. The Morgan fingerprint density at radius 1 is 1.48 bits per heavy atom. The van der Waals surface area contributed by atoms with Crippen molar-refractivity contribution in [1.82, 2.24) is 10.2 Å². The van der Waals surface area contributed by atoms with Gasteiger partial charge in [0.25, 0.3) is 0 Å². The van der Waals surface area contributed by atoms with Gasteiger partial charge in [-0.1, -0.05) is 27.5 Å². The lowest BCUT2D eigenvalue weighted by molar-refractivity contribution is 0.0187. The summed E-state index contributed by atoms with van der Waals surface area (Å²) >= 11 is 9.59. The SMILES string of the molecule is CC(C)(C)OC(=O)N1CCCC(NCc2cc(Cl)ccc2Br)C1. The second-order valence-corrected chi connectivity index (χ2v) is 8.17. The third-order valence-electron chi connectivity index (χ3n) is 3.66. The fraction of sp³-hybridized carbons (Fsp3) is 0.588. The minimum Gasteiger partial charge on any atom is -0.444 e. The number of likely N-dealkylation sites (tertiary alicyclic amines) is 1. The summed E-state index contributed by atoms with van der Waals surface area (Å²) in [5.41, 5.74) is 0.662. The number of halogens is 2. The number of hydrogen-bond acceptors (Lipinski definition) is 3. The van der Waals surface area contributed by atoms with Crippen LogP contribution in [0.1, 0.15) is 39.2 Å². The molecule has 0 aromatic heterocycles. The molecule has 1 amide bonds. The van der Waals surface area contributed by atoms with Crippen molar-refractivity contribution in [2.24, 2.45) is 0 Å². The van der Waals surface area contributed by atoms with Gasteiger partial charge >= 0.3 is 6.09 Å². The van der Waals surface area contributed by atoms with Crippen LogP contribution in [-0.2, 0) is 11.3 Å². The molecule has 1 aromatic rings. The molecular weight excluding hydrogens is 380 g/mol. The molecule has 0 aliphatic carbocycles. The fourth-order valence-corrected chi connectivity index (χ4v) is 3.15. The van der Waals surface area contributed by atoms with Crippen LogP contribution in [-0.4, -0.2) is 35.7 Å². The van der Waals surface area contributed by atoms with Gasteiger partial charge in [0.1, 0.15) is 5.60 Å². The molecule has 1 aromatic carbocycles. The number of nitrogens with zero attached hydrogens (tertiary/aromatic N) is 1. The Bertz CT molecular complexity index is 560. The summed E-state index contributed by atoms with van der Waals surface area (Å²) in [7, 11) is 0. The number of carbonyl (C=O) groups is 1. The summed E-state index contributed by atoms with van der Waals surface area (Å²) in [4.78, 5) is 14.0. The van der Waals surface area contributed by atoms with Crippen LogP contribution in [0.2, 0.25) is 5.02 Å². The highest BCUT2D eigenvalue weighted by molar-refractivity contribution is 9.10. The quantitative estimate of drug-likeness (QED) is 0.802. The Balaban J connectivity index is 1.89. The van der Waals surface area contributed by atoms with E-state index in [4.69, 9.17) is 16.3 Å². The van der Waals surface area contributed by atoms with E-state index in [9.17, 15) is 4.79 Å². The van der Waals surface area contributed by atoms with Crippen LogP contribution in [0.15, 0.2) is 22.7 Å². The molecule has 23 heavy (non-hydrogen) atoms. The van der Waals surface area contributed by atoms with E-state index < -0.39 is 5.60 Å². The zero-order valence-corrected chi connectivity index (χ0v) is 16.2. The van der Waals surface area contributed by atoms with Crippen molar-refractivity contribution >= 4 is 33.6 Å². The Morgan fingerprint density at radius 3 is 2.91 bits per heavy atom. The van der Waals surface area contributed by atoms with Gasteiger partial charge in [0, 0.05) is 35.2 Å². The summed E-state index contributed by atoms with van der Waals surface area (Å²) in [5, 5.41) is 4.24. The van der Waals surface area contributed by atoms with E-state index in [0.717, 1.165) is 34.4 Å². The van der Waals surface area contributed by atoms with Gasteiger partial charge in [0.15, 0.2) is 0 Å². The molecule has 1 atom stereocenters. The molecule has 1 heterocycles. The summed E-state index contributed by atoms with van der Waals surface area (Å²) in [5.74, 6) is 0. The van der Waals surface area contributed by atoms with Gasteiger partial charge in [-0.25, -0.2) is 4.79 Å². The second-order valence-electron chi connectivity index (χ2n) is 6.88. The minimum absolute atomic E-state index is 0.229. The van der Waals surface area contributed by atoms with Gasteiger partial charge in [0.2, 0.25) is 0 Å². The second kappa shape index (κ2) is 7.86. The average molecular weight is 404 g/mol. The Hall–Kier alpha value is -0.780. The summed E-state index contributed by atoms with van der Waals surface area (Å²) < 4.78 is 6.49. The fourth-order valence-electron chi connectivity index (χ4n) is 2.57. The van der Waals surface area contributed by atoms with Gasteiger partial charge in [0.05, 0.1) is 0 Å². The molecule has 0 spiro atoms. The number of carbonyl (C=O) groups excluding carboxylic acids is 1. The lowest BCUT2D eigenvalue weighted by Crippen LogP contribution is -2.49. The maximum Gasteiger partial charge on any atom is 0.410 e. The molecule has 1 unspecified atom stereocenters. The predicted octanol–water partition coefficient (Wildman–Crippen LogP) is 4.59. The monoisotopic (exact) mass is 402 g/mol. The van der Waals surface area contributed by atoms with Crippen LogP contribution in [0.4, 0.5) is 4.79 Å². The highest BCUT2D eigenvalue weighted by Crippen LogP contribution is 2.22. The van der Waals surface area contributed by atoms with Crippen molar-refractivity contribution in [3.63, 3.8) is 0 Å². The van der Waals surface area contributed by atoms with E-state index in [-0.39, 0.29) is 12.1 Å². The number of nitrogens with one attached hydrogen (secondary N) is 1. The van der Waals surface area contributed by atoms with Crippen LogP contribution >= 0.6 is 27.5 Å². The van der Waals surface area contributed by atoms with E-state index in [1.807, 2.05) is 39.0 Å². The molecular formula is C17H24BrClN2O2. The third kappa shape index (κ3) is 5.98. The largest absolute Gasteiger partial charge is 0.444 e. The Morgan fingerprint density at radius 2 is 2.22 bits per heavy atom. The maximum absolute atomic E-state index is 12.2. The molecule has 0 saturated carbocycles. The van der Waals surface area contributed by atoms with Crippen molar-refractivity contribution in [2.45, 2.75) is 51.8 Å². The molecule has 6 heteroatoms. The Kier molecular flexibility index (Phi) is 6.34. The molecule has 1 aliphatic heterocycles. The number of ether oxygens (including phenoxy) is 1. The van der Waals surface area contributed by atoms with Crippen molar-refractivity contribution in [3.05, 3.63) is 33.3 Å². The molecule has 0 bridgehead atoms. The lowest BCUT2D eigenvalue weighted by Gasteiger charge is -2.34. The lowest BCUT2D eigenvalue weighted by atomic mass is 10.1. The number of benzene rings is 1. The molecule has 1 fully saturated rings. The first-order valence-electron chi connectivity index (χ1n) is 7.90. The topological polar surface area (TPSA) is 41.6 Å². The van der Waals surface area contributed by atoms with Gasteiger partial charge in [-0.2, -0.15) is 0 Å². The van der Waals surface area contributed by atoms with Gasteiger partial charge in [-0.3, -0.25) is 0 Å². The van der Waals surface area contributed by atoms with E-state index in [2.05, 4.69) is 21.2 Å². The van der Waals surface area contributed by atoms with E-state index in [1.54, 1.807) is 4.90 Å². The first-order valence-corrected chi connectivity index (χ1v) is 9.07. The highest BCUT2D eigenvalue weighted by Gasteiger charge is 2.27. The van der Waals surface area contributed by atoms with Gasteiger partial charge < -0.3 is 15.0 Å². The zero-order valence-electron chi connectivity index (χ0n) is 13.9. The van der Waals surface area contributed by atoms with Crippen LogP contribution in [0.25, 0.3) is 0 Å². The standard InChI is InChI=1S/C17H24BrClN2O2/c1-17(2,3)23-16(22)21-8-4-5-14(11-21)20-10-12-9-13(19)6-7-15(12)18/h6-7,9,14,20H,4-5,8,10-11H2,1-3H3. The molecule has 2 rings (SSSR count). The molecule has 128 valence electrons. The molecule has 1 saturated heterocycles. The smallest absolute Gasteiger partial charge is 0.410 e. The molecule has 0 radical (unpaired) electrons. The average Bonchev–Trinajstić information content (AvgIpc) is 2.47. The molecule has 4 nitrogen and oxygen atoms in total. The van der Waals surface area contributed by atoms with Gasteiger partial charge in [-0.15, -0.1) is 0 Å². The van der Waals surface area contributed by atoms with Crippen LogP contribution in [0.3, 0.4) is 0 Å². The zero-order chi connectivity index (χ0) is 17.0. The van der Waals surface area contributed by atoms with Crippen LogP contribution in [0, 0.1) is 0 Å². The van der Waals surface area contributed by atoms with Crippen molar-refractivity contribution < 1.29 is 9.53 Å². The van der Waals surface area contributed by atoms with E-state index in [1.165, 1.54) is 0 Å². The summed E-state index contributed by atoms with van der Waals surface area (Å²) in [6.07, 6.45) is 1.80. The van der Waals surface area contributed by atoms with Crippen LogP contribution < -0.4 is 5.32 Å². The number of amides is 1. The minimum atomic E-state index is -0.455. The third-order valence-corrected chi connectivity index (χ3v) is 4.67. The van der Waals surface area contributed by atoms with Crippen molar-refractivity contribution in [3.8, 4) is 0 Å². The van der Waals surface area contributed by atoms with E-state index in [0.29, 0.717) is 13.1 Å². The summed E-state index contributed by atoms with van der Waals surface area (Å²) in [6, 6.07) is 6.03. The normalized spacial score (nSPS) is 18.8. The van der Waals surface area contributed by atoms with Crippen molar-refractivity contribution in [1.29, 1.82) is 0 Å². The molecule has 1 N–H and O–H groups in total. The first kappa shape index (κ1) is 18.6. The van der Waals surface area contributed by atoms with E-state index >= 15 is 0 Å². The predicted molar refractivity (Wildman–Crippen MR) is 96.8 cm³/mol. The highest BCUT2D eigenvalue weighted by atomic mass is 79.9. The van der Waals surface area contributed by atoms with Crippen LogP contribution in [0.5, 0.6) is 0 Å². The van der Waals surface area contributed by atoms with Gasteiger partial charge in [-0.05, 0) is 57.4 Å². The summed E-state index contributed by atoms with van der Waals surface area (Å²) in [6.45, 7) is 7.82. The number of rotatable bonds is 3. The first-order chi connectivity index (χ1) is 10.7. The Labute approximate surface area is 151 Å².